The van der Waals surface area contributed by atoms with Crippen molar-refractivity contribution in [1.82, 2.24) is 14.8 Å². The van der Waals surface area contributed by atoms with E-state index < -0.39 is 0 Å². The van der Waals surface area contributed by atoms with E-state index in [2.05, 4.69) is 10.1 Å². The molecule has 2 aromatic heterocycles. The van der Waals surface area contributed by atoms with Crippen LogP contribution in [0.25, 0.3) is 10.9 Å². The van der Waals surface area contributed by atoms with Gasteiger partial charge in [0, 0.05) is 42.7 Å². The SMILES string of the molecule is Cn1ncc2cc(C(=N)c3c(N)ccnc3OC3CCOCC3)ccc21. The number of rotatable bonds is 4. The second-order valence-corrected chi connectivity index (χ2v) is 6.43. The van der Waals surface area contributed by atoms with Gasteiger partial charge in [0.25, 0.3) is 0 Å². The van der Waals surface area contributed by atoms with Crippen molar-refractivity contribution < 1.29 is 9.47 Å². The number of ether oxygens (including phenoxy) is 2. The van der Waals surface area contributed by atoms with Crippen molar-refractivity contribution in [2.24, 2.45) is 7.05 Å². The Balaban J connectivity index is 1.69. The number of hydrogen-bond donors (Lipinski definition) is 2. The van der Waals surface area contributed by atoms with E-state index in [0.717, 1.165) is 29.3 Å². The normalized spacial score (nSPS) is 15.3. The van der Waals surface area contributed by atoms with Gasteiger partial charge in [-0.15, -0.1) is 0 Å². The van der Waals surface area contributed by atoms with Crippen molar-refractivity contribution in [3.8, 4) is 5.88 Å². The van der Waals surface area contributed by atoms with Crippen LogP contribution >= 0.6 is 0 Å². The van der Waals surface area contributed by atoms with Crippen LogP contribution in [-0.4, -0.2) is 39.8 Å². The van der Waals surface area contributed by atoms with E-state index in [1.165, 1.54) is 0 Å². The van der Waals surface area contributed by atoms with E-state index in [-0.39, 0.29) is 6.10 Å². The van der Waals surface area contributed by atoms with Gasteiger partial charge in [-0.3, -0.25) is 10.1 Å². The summed E-state index contributed by atoms with van der Waals surface area (Å²) in [5.74, 6) is 0.410. The highest BCUT2D eigenvalue weighted by atomic mass is 16.5. The molecule has 1 aliphatic rings. The van der Waals surface area contributed by atoms with Gasteiger partial charge < -0.3 is 15.2 Å². The summed E-state index contributed by atoms with van der Waals surface area (Å²) in [6.07, 6.45) is 5.06. The van der Waals surface area contributed by atoms with Crippen molar-refractivity contribution in [3.05, 3.63) is 47.8 Å². The Morgan fingerprint density at radius 3 is 2.92 bits per heavy atom. The van der Waals surface area contributed by atoms with Crippen LogP contribution in [-0.2, 0) is 11.8 Å². The van der Waals surface area contributed by atoms with Crippen LogP contribution in [0, 0.1) is 5.41 Å². The van der Waals surface area contributed by atoms with Gasteiger partial charge in [0.1, 0.15) is 6.10 Å². The number of benzene rings is 1. The molecule has 1 aromatic carbocycles. The third-order valence-electron chi connectivity index (χ3n) is 4.68. The molecule has 1 aliphatic heterocycles. The average Bonchev–Trinajstić information content (AvgIpc) is 3.03. The van der Waals surface area contributed by atoms with Crippen molar-refractivity contribution in [3.63, 3.8) is 0 Å². The lowest BCUT2D eigenvalue weighted by Crippen LogP contribution is -2.27. The Morgan fingerprint density at radius 1 is 1.31 bits per heavy atom. The summed E-state index contributed by atoms with van der Waals surface area (Å²) >= 11 is 0. The number of aryl methyl sites for hydroxylation is 1. The Bertz CT molecular complexity index is 960. The molecule has 0 bridgehead atoms. The molecule has 1 fully saturated rings. The maximum absolute atomic E-state index is 8.70. The molecule has 0 radical (unpaired) electrons. The lowest BCUT2D eigenvalue weighted by Gasteiger charge is -2.24. The van der Waals surface area contributed by atoms with E-state index in [4.69, 9.17) is 20.6 Å². The van der Waals surface area contributed by atoms with Crippen molar-refractivity contribution in [1.29, 1.82) is 5.41 Å². The highest BCUT2D eigenvalue weighted by Gasteiger charge is 2.21. The predicted molar refractivity (Wildman–Crippen MR) is 99.8 cm³/mol. The molecule has 3 N–H and O–H groups in total. The lowest BCUT2D eigenvalue weighted by molar-refractivity contribution is 0.0237. The van der Waals surface area contributed by atoms with Gasteiger partial charge in [0.05, 0.1) is 36.2 Å². The number of aromatic nitrogens is 3. The molecule has 0 spiro atoms. The maximum atomic E-state index is 8.70. The fourth-order valence-corrected chi connectivity index (χ4v) is 3.21. The molecule has 0 aliphatic carbocycles. The first-order chi connectivity index (χ1) is 12.6. The molecule has 3 aromatic rings. The standard InChI is InChI=1S/C19H21N5O2/c1-24-16-3-2-12(10-13(16)11-23-24)18(21)17-15(20)4-7-22-19(17)26-14-5-8-25-9-6-14/h2-4,7,10-11,14,21H,5-6,8-9H2,1H3,(H2,20,22). The largest absolute Gasteiger partial charge is 0.474 e. The monoisotopic (exact) mass is 351 g/mol. The van der Waals surface area contributed by atoms with E-state index in [9.17, 15) is 0 Å². The van der Waals surface area contributed by atoms with Gasteiger partial charge in [-0.2, -0.15) is 5.10 Å². The third kappa shape index (κ3) is 3.01. The van der Waals surface area contributed by atoms with Gasteiger partial charge in [-0.05, 0) is 18.2 Å². The number of nitrogens with two attached hydrogens (primary N) is 1. The summed E-state index contributed by atoms with van der Waals surface area (Å²) in [6.45, 7) is 1.36. The summed E-state index contributed by atoms with van der Waals surface area (Å²) in [6, 6.07) is 7.49. The molecular formula is C19H21N5O2. The van der Waals surface area contributed by atoms with Gasteiger partial charge in [0.2, 0.25) is 5.88 Å². The van der Waals surface area contributed by atoms with Crippen LogP contribution in [0.4, 0.5) is 5.69 Å². The summed E-state index contributed by atoms with van der Waals surface area (Å²) in [7, 11) is 1.90. The summed E-state index contributed by atoms with van der Waals surface area (Å²) in [5, 5.41) is 13.9. The fourth-order valence-electron chi connectivity index (χ4n) is 3.21. The topological polar surface area (TPSA) is 99.0 Å². The zero-order chi connectivity index (χ0) is 18.1. The predicted octanol–water partition coefficient (Wildman–Crippen LogP) is 2.52. The summed E-state index contributed by atoms with van der Waals surface area (Å²) in [5.41, 5.74) is 9.25. The summed E-state index contributed by atoms with van der Waals surface area (Å²) < 4.78 is 13.3. The van der Waals surface area contributed by atoms with Crippen LogP contribution in [0.1, 0.15) is 24.0 Å². The third-order valence-corrected chi connectivity index (χ3v) is 4.68. The van der Waals surface area contributed by atoms with Crippen LogP contribution in [0.3, 0.4) is 0 Å². The second kappa shape index (κ2) is 6.76. The molecule has 134 valence electrons. The molecule has 0 amide bonds. The van der Waals surface area contributed by atoms with Crippen LogP contribution in [0.2, 0.25) is 0 Å². The quantitative estimate of drug-likeness (QED) is 0.704. The average molecular weight is 351 g/mol. The molecule has 4 rings (SSSR count). The minimum atomic E-state index is 0.0328. The zero-order valence-electron chi connectivity index (χ0n) is 14.6. The first-order valence-electron chi connectivity index (χ1n) is 8.63. The highest BCUT2D eigenvalue weighted by molar-refractivity contribution is 6.16. The Morgan fingerprint density at radius 2 is 2.12 bits per heavy atom. The van der Waals surface area contributed by atoms with E-state index >= 15 is 0 Å². The Kier molecular flexibility index (Phi) is 4.30. The molecule has 7 heteroatoms. The summed E-state index contributed by atoms with van der Waals surface area (Å²) in [4.78, 5) is 4.35. The number of anilines is 1. The lowest BCUT2D eigenvalue weighted by atomic mass is 10.0. The molecular weight excluding hydrogens is 330 g/mol. The van der Waals surface area contributed by atoms with Crippen molar-refractivity contribution in [2.75, 3.05) is 18.9 Å². The molecule has 3 heterocycles. The minimum Gasteiger partial charge on any atom is -0.474 e. The number of pyridine rings is 1. The second-order valence-electron chi connectivity index (χ2n) is 6.43. The van der Waals surface area contributed by atoms with E-state index in [0.29, 0.717) is 36.1 Å². The first-order valence-corrected chi connectivity index (χ1v) is 8.63. The molecule has 1 saturated heterocycles. The van der Waals surface area contributed by atoms with E-state index in [1.54, 1.807) is 23.1 Å². The first kappa shape index (κ1) is 16.5. The van der Waals surface area contributed by atoms with E-state index in [1.807, 2.05) is 25.2 Å². The van der Waals surface area contributed by atoms with Gasteiger partial charge in [-0.25, -0.2) is 4.98 Å². The van der Waals surface area contributed by atoms with Crippen LogP contribution in [0.5, 0.6) is 5.88 Å². The van der Waals surface area contributed by atoms with Crippen molar-refractivity contribution >= 4 is 22.3 Å². The van der Waals surface area contributed by atoms with Crippen molar-refractivity contribution in [2.45, 2.75) is 18.9 Å². The zero-order valence-corrected chi connectivity index (χ0v) is 14.6. The molecule has 7 nitrogen and oxygen atoms in total. The molecule has 0 saturated carbocycles. The minimum absolute atomic E-state index is 0.0328. The van der Waals surface area contributed by atoms with Gasteiger partial charge >= 0.3 is 0 Å². The molecule has 0 atom stereocenters. The highest BCUT2D eigenvalue weighted by Crippen LogP contribution is 2.28. The molecule has 26 heavy (non-hydrogen) atoms. The van der Waals surface area contributed by atoms with Crippen LogP contribution < -0.4 is 10.5 Å². The molecule has 0 unspecified atom stereocenters. The number of fused-ring (bicyclic) bond motifs is 1. The Labute approximate surface area is 151 Å². The van der Waals surface area contributed by atoms with Gasteiger partial charge in [-0.1, -0.05) is 6.07 Å². The number of nitrogens with one attached hydrogen (secondary N) is 1. The Hall–Kier alpha value is -2.93. The number of hydrogen-bond acceptors (Lipinski definition) is 6. The number of nitrogens with zero attached hydrogens (tertiary/aromatic N) is 3. The smallest absolute Gasteiger partial charge is 0.225 e. The van der Waals surface area contributed by atoms with Gasteiger partial charge in [0.15, 0.2) is 0 Å². The maximum Gasteiger partial charge on any atom is 0.225 e. The number of nitrogen functional groups attached to an aromatic ring is 1. The van der Waals surface area contributed by atoms with Crippen LogP contribution in [0.15, 0.2) is 36.7 Å². The fraction of sp³-hybridized carbons (Fsp3) is 0.316.